The van der Waals surface area contributed by atoms with Gasteiger partial charge in [0, 0.05) is 39.3 Å². The van der Waals surface area contributed by atoms with Gasteiger partial charge in [-0.05, 0) is 31.0 Å². The van der Waals surface area contributed by atoms with E-state index in [0.717, 1.165) is 19.3 Å². The van der Waals surface area contributed by atoms with E-state index in [1.807, 2.05) is 0 Å². The van der Waals surface area contributed by atoms with Crippen LogP contribution in [0.5, 0.6) is 5.75 Å². The van der Waals surface area contributed by atoms with E-state index in [2.05, 4.69) is 0 Å². The molecule has 0 aliphatic carbocycles. The van der Waals surface area contributed by atoms with Crippen LogP contribution in [0.2, 0.25) is 0 Å². The summed E-state index contributed by atoms with van der Waals surface area (Å²) >= 11 is 0. The van der Waals surface area contributed by atoms with Crippen molar-refractivity contribution in [2.75, 3.05) is 46.4 Å². The van der Waals surface area contributed by atoms with E-state index in [1.54, 1.807) is 9.80 Å². The molecule has 2 fully saturated rings. The molecule has 2 saturated heterocycles. The van der Waals surface area contributed by atoms with Gasteiger partial charge in [-0.2, -0.15) is 4.31 Å². The molecule has 2 amide bonds. The first-order valence-corrected chi connectivity index (χ1v) is 10.1. The first-order valence-electron chi connectivity index (χ1n) is 8.64. The minimum absolute atomic E-state index is 0.0698. The molecular weight excluding hydrogens is 358 g/mol. The van der Waals surface area contributed by atoms with Gasteiger partial charge in [0.2, 0.25) is 16.4 Å². The normalized spacial score (nSPS) is 18.8. The summed E-state index contributed by atoms with van der Waals surface area (Å²) in [6.45, 7) is 2.54. The van der Waals surface area contributed by atoms with Crippen molar-refractivity contribution in [2.24, 2.45) is 0 Å². The zero-order chi connectivity index (χ0) is 18.7. The second-order valence-electron chi connectivity index (χ2n) is 6.41. The fourth-order valence-electron chi connectivity index (χ4n) is 3.30. The van der Waals surface area contributed by atoms with Gasteiger partial charge >= 0.3 is 0 Å². The molecule has 142 valence electrons. The van der Waals surface area contributed by atoms with Crippen molar-refractivity contribution in [3.8, 4) is 5.75 Å². The summed E-state index contributed by atoms with van der Waals surface area (Å²) in [5.41, 5.74) is 0.266. The second-order valence-corrected chi connectivity index (χ2v) is 8.34. The lowest BCUT2D eigenvalue weighted by Crippen LogP contribution is -2.48. The molecule has 0 saturated carbocycles. The highest BCUT2D eigenvalue weighted by atomic mass is 32.2. The van der Waals surface area contributed by atoms with Crippen LogP contribution in [0.25, 0.3) is 0 Å². The number of ether oxygens (including phenoxy) is 1. The molecule has 8 nitrogen and oxygen atoms in total. The highest BCUT2D eigenvalue weighted by molar-refractivity contribution is 7.89. The number of rotatable bonds is 5. The maximum absolute atomic E-state index is 12.9. The van der Waals surface area contributed by atoms with Crippen LogP contribution in [0.4, 0.5) is 0 Å². The number of likely N-dealkylation sites (tertiary alicyclic amines) is 1. The average molecular weight is 381 g/mol. The van der Waals surface area contributed by atoms with Gasteiger partial charge in [0.05, 0.1) is 17.6 Å². The van der Waals surface area contributed by atoms with Crippen molar-refractivity contribution in [3.05, 3.63) is 23.8 Å². The minimum atomic E-state index is -3.73. The SMILES string of the molecule is COc1ccc(S(=O)(=O)N2CCN(C=O)CC2)cc1C(=O)N1CCCC1. The summed E-state index contributed by atoms with van der Waals surface area (Å²) in [6.07, 6.45) is 2.63. The summed E-state index contributed by atoms with van der Waals surface area (Å²) in [5.74, 6) is 0.161. The maximum atomic E-state index is 12.9. The van der Waals surface area contributed by atoms with E-state index >= 15 is 0 Å². The van der Waals surface area contributed by atoms with Crippen LogP contribution in [0.15, 0.2) is 23.1 Å². The largest absolute Gasteiger partial charge is 0.496 e. The van der Waals surface area contributed by atoms with E-state index in [4.69, 9.17) is 4.74 Å². The molecule has 0 radical (unpaired) electrons. The van der Waals surface area contributed by atoms with Gasteiger partial charge in [-0.3, -0.25) is 9.59 Å². The van der Waals surface area contributed by atoms with Gasteiger partial charge in [-0.15, -0.1) is 0 Å². The fourth-order valence-corrected chi connectivity index (χ4v) is 4.75. The summed E-state index contributed by atoms with van der Waals surface area (Å²) in [5, 5.41) is 0. The highest BCUT2D eigenvalue weighted by Gasteiger charge is 2.30. The molecule has 2 aliphatic rings. The van der Waals surface area contributed by atoms with Crippen LogP contribution in [0.3, 0.4) is 0 Å². The highest BCUT2D eigenvalue weighted by Crippen LogP contribution is 2.27. The molecule has 0 atom stereocenters. The Morgan fingerprint density at radius 2 is 1.73 bits per heavy atom. The number of piperazine rings is 1. The second kappa shape index (κ2) is 7.63. The maximum Gasteiger partial charge on any atom is 0.257 e. The molecule has 0 N–H and O–H groups in total. The van der Waals surface area contributed by atoms with Crippen molar-refractivity contribution in [1.29, 1.82) is 0 Å². The lowest BCUT2D eigenvalue weighted by molar-refractivity contribution is -0.119. The average Bonchev–Trinajstić information content (AvgIpc) is 3.21. The van der Waals surface area contributed by atoms with Gasteiger partial charge < -0.3 is 14.5 Å². The van der Waals surface area contributed by atoms with Gasteiger partial charge in [0.1, 0.15) is 5.75 Å². The molecule has 1 aromatic carbocycles. The van der Waals surface area contributed by atoms with E-state index in [1.165, 1.54) is 29.6 Å². The molecule has 2 heterocycles. The van der Waals surface area contributed by atoms with Gasteiger partial charge in [-0.25, -0.2) is 8.42 Å². The zero-order valence-corrected chi connectivity index (χ0v) is 15.6. The minimum Gasteiger partial charge on any atom is -0.496 e. The van der Waals surface area contributed by atoms with Crippen LogP contribution in [0, 0.1) is 0 Å². The van der Waals surface area contributed by atoms with Crippen LogP contribution in [-0.4, -0.2) is 81.2 Å². The van der Waals surface area contributed by atoms with Crippen LogP contribution < -0.4 is 4.74 Å². The number of nitrogens with zero attached hydrogens (tertiary/aromatic N) is 3. The van der Waals surface area contributed by atoms with Crippen molar-refractivity contribution < 1.29 is 22.7 Å². The van der Waals surface area contributed by atoms with Crippen LogP contribution in [0.1, 0.15) is 23.2 Å². The van der Waals surface area contributed by atoms with Crippen molar-refractivity contribution >= 4 is 22.3 Å². The fraction of sp³-hybridized carbons (Fsp3) is 0.529. The summed E-state index contributed by atoms with van der Waals surface area (Å²) in [4.78, 5) is 26.9. The monoisotopic (exact) mass is 381 g/mol. The molecule has 0 aromatic heterocycles. The van der Waals surface area contributed by atoms with Gasteiger partial charge in [0.25, 0.3) is 5.91 Å². The Morgan fingerprint density at radius 3 is 2.31 bits per heavy atom. The van der Waals surface area contributed by atoms with Gasteiger partial charge in [-0.1, -0.05) is 0 Å². The predicted octanol–water partition coefficient (Wildman–Crippen LogP) is 0.394. The summed E-state index contributed by atoms with van der Waals surface area (Å²) in [6, 6.07) is 4.39. The van der Waals surface area contributed by atoms with Crippen molar-refractivity contribution in [3.63, 3.8) is 0 Å². The van der Waals surface area contributed by atoms with Crippen LogP contribution >= 0.6 is 0 Å². The smallest absolute Gasteiger partial charge is 0.257 e. The molecule has 0 unspecified atom stereocenters. The van der Waals surface area contributed by atoms with Gasteiger partial charge in [0.15, 0.2) is 0 Å². The van der Waals surface area contributed by atoms with E-state index in [0.29, 0.717) is 31.9 Å². The third-order valence-electron chi connectivity index (χ3n) is 4.85. The van der Waals surface area contributed by atoms with Crippen LogP contribution in [-0.2, 0) is 14.8 Å². The third-order valence-corrected chi connectivity index (χ3v) is 6.75. The molecule has 26 heavy (non-hydrogen) atoms. The summed E-state index contributed by atoms with van der Waals surface area (Å²) < 4.78 is 32.5. The number of benzene rings is 1. The first-order chi connectivity index (χ1) is 12.5. The molecule has 0 bridgehead atoms. The Labute approximate surface area is 153 Å². The number of sulfonamides is 1. The number of hydrogen-bond acceptors (Lipinski definition) is 5. The standard InChI is InChI=1S/C17H23N3O5S/c1-25-16-5-4-14(12-15(16)17(22)19-6-2-3-7-19)26(23,24)20-10-8-18(13-21)9-11-20/h4-5,12-13H,2-3,6-11H2,1H3. The van der Waals surface area contributed by atoms with Crippen molar-refractivity contribution in [1.82, 2.24) is 14.1 Å². The van der Waals surface area contributed by atoms with E-state index in [-0.39, 0.29) is 29.5 Å². The Balaban J connectivity index is 1.89. The topological polar surface area (TPSA) is 87.2 Å². The molecule has 2 aliphatic heterocycles. The van der Waals surface area contributed by atoms with E-state index < -0.39 is 10.0 Å². The molecular formula is C17H23N3O5S. The number of amides is 2. The Bertz CT molecular complexity index is 782. The Kier molecular flexibility index (Phi) is 5.47. The number of hydrogen-bond donors (Lipinski definition) is 0. The molecule has 9 heteroatoms. The quantitative estimate of drug-likeness (QED) is 0.689. The van der Waals surface area contributed by atoms with E-state index in [9.17, 15) is 18.0 Å². The molecule has 0 spiro atoms. The van der Waals surface area contributed by atoms with Crippen molar-refractivity contribution in [2.45, 2.75) is 17.7 Å². The number of methoxy groups -OCH3 is 1. The zero-order valence-electron chi connectivity index (χ0n) is 14.8. The predicted molar refractivity (Wildman–Crippen MR) is 94.5 cm³/mol. The number of carbonyl (C=O) groups is 2. The first kappa shape index (κ1) is 18.7. The lowest BCUT2D eigenvalue weighted by Gasteiger charge is -2.31. The molecule has 3 rings (SSSR count). The Hall–Kier alpha value is -2.13. The molecule has 1 aromatic rings. The summed E-state index contributed by atoms with van der Waals surface area (Å²) in [7, 11) is -2.27. The Morgan fingerprint density at radius 1 is 1.08 bits per heavy atom. The lowest BCUT2D eigenvalue weighted by atomic mass is 10.1. The number of carbonyl (C=O) groups excluding carboxylic acids is 2. The third kappa shape index (κ3) is 3.54.